The number of nitrogens with zero attached hydrogens (tertiary/aromatic N) is 1. The molecule has 0 bridgehead atoms. The molecule has 4 aliphatic carbocycles. The number of allylic oxidation sites excluding steroid dienone is 2. The Balaban J connectivity index is 1.86. The Labute approximate surface area is 275 Å². The zero-order chi connectivity index (χ0) is 33.1. The summed E-state index contributed by atoms with van der Waals surface area (Å²) in [6.07, 6.45) is 10.3. The monoisotopic (exact) mass is 681 g/mol. The maximum atomic E-state index is 7.65. The minimum atomic E-state index is -1.98. The summed E-state index contributed by atoms with van der Waals surface area (Å²) in [5.74, 6) is 1.70. The lowest BCUT2D eigenvalue weighted by molar-refractivity contribution is -0.192. The second-order valence-corrected chi connectivity index (χ2v) is 36.7. The summed E-state index contributed by atoms with van der Waals surface area (Å²) in [6.45, 7) is 33.9. The Morgan fingerprint density at radius 2 is 1.50 bits per heavy atom. The quantitative estimate of drug-likeness (QED) is 0.161. The van der Waals surface area contributed by atoms with Gasteiger partial charge in [0.25, 0.3) is 0 Å². The van der Waals surface area contributed by atoms with Crippen molar-refractivity contribution in [2.24, 2.45) is 33.7 Å². The number of rotatable bonds is 11. The van der Waals surface area contributed by atoms with E-state index in [1.807, 2.05) is 0 Å². The van der Waals surface area contributed by atoms with E-state index in [-0.39, 0.29) is 28.6 Å². The Morgan fingerprint density at radius 1 is 0.841 bits per heavy atom. The van der Waals surface area contributed by atoms with E-state index in [0.717, 1.165) is 37.8 Å². The van der Waals surface area contributed by atoms with Crippen molar-refractivity contribution in [3.63, 3.8) is 0 Å². The molecule has 0 saturated heterocycles. The highest BCUT2D eigenvalue weighted by Crippen LogP contribution is 2.70. The first-order valence-corrected chi connectivity index (χ1v) is 31.1. The van der Waals surface area contributed by atoms with Crippen molar-refractivity contribution in [2.75, 3.05) is 13.7 Å². The fraction of sp³-hybridized carbons (Fsp3) is 0.912. The molecular formula is C34H67NO5Si4. The smallest absolute Gasteiger partial charge is 0.184 e. The summed E-state index contributed by atoms with van der Waals surface area (Å²) in [5.41, 5.74) is 2.36. The van der Waals surface area contributed by atoms with Crippen LogP contribution in [-0.4, -0.2) is 70.5 Å². The summed E-state index contributed by atoms with van der Waals surface area (Å²) in [7, 11) is -5.85. The number of hydrogen-bond donors (Lipinski definition) is 0. The largest absolute Gasteiger partial charge is 0.415 e. The predicted molar refractivity (Wildman–Crippen MR) is 194 cm³/mol. The molecule has 0 aromatic rings. The number of hydrogen-bond acceptors (Lipinski definition) is 6. The average Bonchev–Trinajstić information content (AvgIpc) is 3.10. The summed E-state index contributed by atoms with van der Waals surface area (Å²) in [4.78, 5) is 5.21. The summed E-state index contributed by atoms with van der Waals surface area (Å²) in [6, 6.07) is 0. The van der Waals surface area contributed by atoms with E-state index in [2.05, 4.69) is 104 Å². The average molecular weight is 682 g/mol. The van der Waals surface area contributed by atoms with Crippen LogP contribution in [0.15, 0.2) is 16.8 Å². The number of oxime groups is 1. The van der Waals surface area contributed by atoms with Gasteiger partial charge in [-0.2, -0.15) is 0 Å². The van der Waals surface area contributed by atoms with E-state index < -0.39 is 33.3 Å². The molecule has 10 heteroatoms. The molecular weight excluding hydrogens is 615 g/mol. The molecule has 4 aliphatic rings. The van der Waals surface area contributed by atoms with Gasteiger partial charge in [-0.1, -0.05) is 24.6 Å². The fourth-order valence-electron chi connectivity index (χ4n) is 9.76. The molecule has 0 spiro atoms. The normalized spacial score (nSPS) is 38.1. The molecule has 254 valence electrons. The molecule has 3 saturated carbocycles. The van der Waals surface area contributed by atoms with Crippen LogP contribution in [-0.2, 0) is 22.5 Å². The molecule has 0 amide bonds. The summed E-state index contributed by atoms with van der Waals surface area (Å²) in [5, 5.41) is 4.37. The molecule has 6 nitrogen and oxygen atoms in total. The van der Waals surface area contributed by atoms with Crippen molar-refractivity contribution in [3.05, 3.63) is 11.6 Å². The highest BCUT2D eigenvalue weighted by molar-refractivity contribution is 6.71. The Hall–Kier alpha value is -0.0825. The van der Waals surface area contributed by atoms with Gasteiger partial charge in [0.15, 0.2) is 33.3 Å². The van der Waals surface area contributed by atoms with Crippen LogP contribution >= 0.6 is 0 Å². The molecule has 3 fully saturated rings. The molecule has 0 aliphatic heterocycles. The highest BCUT2D eigenvalue weighted by Gasteiger charge is 2.70. The third kappa shape index (κ3) is 7.63. The van der Waals surface area contributed by atoms with Gasteiger partial charge in [-0.3, -0.25) is 0 Å². The molecule has 0 aromatic carbocycles. The lowest BCUT2D eigenvalue weighted by Gasteiger charge is -2.64. The van der Waals surface area contributed by atoms with Crippen molar-refractivity contribution < 1.29 is 22.5 Å². The highest BCUT2D eigenvalue weighted by atomic mass is 28.4. The van der Waals surface area contributed by atoms with E-state index in [4.69, 9.17) is 22.5 Å². The minimum absolute atomic E-state index is 0.0548. The lowest BCUT2D eigenvalue weighted by Crippen LogP contribution is -2.67. The zero-order valence-electron chi connectivity index (χ0n) is 31.1. The van der Waals surface area contributed by atoms with Crippen LogP contribution < -0.4 is 0 Å². The van der Waals surface area contributed by atoms with Gasteiger partial charge < -0.3 is 22.5 Å². The molecule has 0 aromatic heterocycles. The van der Waals surface area contributed by atoms with E-state index in [1.165, 1.54) is 12.8 Å². The van der Waals surface area contributed by atoms with Gasteiger partial charge in [-0.25, -0.2) is 0 Å². The topological polar surface area (TPSA) is 58.5 Å². The van der Waals surface area contributed by atoms with E-state index in [9.17, 15) is 0 Å². The SMILES string of the molecule is CO/N=C1\C=C2CC[C@@H]3[C@H](C(O[Si](C)(C)C)C[C@@]4(C)[C@H]3CC[C@]4(O[Si](C)(C)C)C(CO[Si](C)(C)C)O[Si](C)(C)C)[C@@]2(C)CC1. The molecule has 0 heterocycles. The fourth-order valence-corrected chi connectivity index (χ4v) is 14.2. The molecule has 8 atom stereocenters. The predicted octanol–water partition coefficient (Wildman–Crippen LogP) is 9.44. The van der Waals surface area contributed by atoms with Gasteiger partial charge in [-0.15, -0.1) is 0 Å². The standard InChI is InChI=1S/C34H67NO5Si4/c1-32-20-18-26(35-36-3)22-25(32)16-17-27-28-19-21-34(40-44(13,14)15,30(39-43(10,11)12)24-37-41(4,5)6)33(28,2)23-29(31(27)32)38-42(7,8)9/h22,27-31H,16-21,23-24H2,1-15H3/b35-26-/t27-,28-,29?,30?,31+,32-,33-,34-/m0/s1. The van der Waals surface area contributed by atoms with Crippen molar-refractivity contribution in [3.8, 4) is 0 Å². The molecule has 0 N–H and O–H groups in total. The first kappa shape index (κ1) is 36.7. The molecule has 4 rings (SSSR count). The van der Waals surface area contributed by atoms with Gasteiger partial charge in [0.05, 0.1) is 24.0 Å². The van der Waals surface area contributed by atoms with Gasteiger partial charge in [0.1, 0.15) is 7.11 Å². The summed E-state index contributed by atoms with van der Waals surface area (Å²) >= 11 is 0. The van der Waals surface area contributed by atoms with Crippen molar-refractivity contribution >= 4 is 39.0 Å². The van der Waals surface area contributed by atoms with Crippen LogP contribution in [0.5, 0.6) is 0 Å². The third-order valence-electron chi connectivity index (χ3n) is 11.0. The van der Waals surface area contributed by atoms with Crippen LogP contribution in [0.25, 0.3) is 0 Å². The van der Waals surface area contributed by atoms with Crippen molar-refractivity contribution in [1.29, 1.82) is 0 Å². The van der Waals surface area contributed by atoms with E-state index >= 15 is 0 Å². The van der Waals surface area contributed by atoms with Crippen LogP contribution in [0.1, 0.15) is 58.8 Å². The Kier molecular flexibility index (Phi) is 10.4. The van der Waals surface area contributed by atoms with Crippen LogP contribution in [0, 0.1) is 28.6 Å². The maximum absolute atomic E-state index is 7.65. The van der Waals surface area contributed by atoms with Gasteiger partial charge in [-0.05, 0) is 153 Å². The summed E-state index contributed by atoms with van der Waals surface area (Å²) < 4.78 is 29.1. The second kappa shape index (κ2) is 12.4. The molecule has 44 heavy (non-hydrogen) atoms. The molecule has 2 unspecified atom stereocenters. The minimum Gasteiger partial charge on any atom is -0.415 e. The van der Waals surface area contributed by atoms with Crippen LogP contribution in [0.2, 0.25) is 78.6 Å². The van der Waals surface area contributed by atoms with Crippen LogP contribution in [0.4, 0.5) is 0 Å². The first-order chi connectivity index (χ1) is 19.9. The zero-order valence-corrected chi connectivity index (χ0v) is 35.1. The second-order valence-electron chi connectivity index (χ2n) is 18.9. The Bertz CT molecular complexity index is 1100. The van der Waals surface area contributed by atoms with Crippen LogP contribution in [0.3, 0.4) is 0 Å². The van der Waals surface area contributed by atoms with Crippen molar-refractivity contribution in [1.82, 2.24) is 0 Å². The first-order valence-electron chi connectivity index (χ1n) is 17.4. The maximum Gasteiger partial charge on any atom is 0.184 e. The molecule has 0 radical (unpaired) electrons. The van der Waals surface area contributed by atoms with Crippen molar-refractivity contribution in [2.45, 2.75) is 155 Å². The van der Waals surface area contributed by atoms with Gasteiger partial charge in [0, 0.05) is 11.5 Å². The lowest BCUT2D eigenvalue weighted by atomic mass is 9.45. The van der Waals surface area contributed by atoms with Gasteiger partial charge >= 0.3 is 0 Å². The third-order valence-corrected chi connectivity index (χ3v) is 15.0. The van der Waals surface area contributed by atoms with E-state index in [1.54, 1.807) is 12.7 Å². The van der Waals surface area contributed by atoms with E-state index in [0.29, 0.717) is 24.4 Å². The Morgan fingerprint density at radius 3 is 2.05 bits per heavy atom. The number of fused-ring (bicyclic) bond motifs is 5. The van der Waals surface area contributed by atoms with Gasteiger partial charge in [0.2, 0.25) is 0 Å².